The van der Waals surface area contributed by atoms with Gasteiger partial charge in [-0.15, -0.1) is 0 Å². The zero-order valence-corrected chi connectivity index (χ0v) is 9.67. The standard InChI is InChI=1S/C9H18N2.BH3O3/c1-4-5-6-11-8-7-10(3)9(11)2;2-1(3)4/h7-9H,4-6H2,1-3H3;2-4H. The second kappa shape index (κ2) is 7.56. The minimum absolute atomic E-state index is 0.557. The van der Waals surface area contributed by atoms with Gasteiger partial charge in [0.15, 0.2) is 0 Å². The summed E-state index contributed by atoms with van der Waals surface area (Å²) >= 11 is 0. The zero-order chi connectivity index (χ0) is 11.8. The highest BCUT2D eigenvalue weighted by atomic mass is 16.5. The fourth-order valence-electron chi connectivity index (χ4n) is 1.28. The summed E-state index contributed by atoms with van der Waals surface area (Å²) in [5.41, 5.74) is 0. The van der Waals surface area contributed by atoms with Crippen molar-refractivity contribution in [3.05, 3.63) is 12.4 Å². The second-order valence-corrected chi connectivity index (χ2v) is 3.53. The largest absolute Gasteiger partial charge is 0.631 e. The van der Waals surface area contributed by atoms with Crippen molar-refractivity contribution in [1.29, 1.82) is 0 Å². The Balaban J connectivity index is 0.000000423. The zero-order valence-electron chi connectivity index (χ0n) is 9.67. The lowest BCUT2D eigenvalue weighted by molar-refractivity contribution is 0.193. The lowest BCUT2D eigenvalue weighted by Gasteiger charge is -2.26. The summed E-state index contributed by atoms with van der Waals surface area (Å²) in [6.07, 6.45) is 7.45. The Bertz CT molecular complexity index is 187. The Hall–Kier alpha value is -0.715. The molecule has 0 aliphatic carbocycles. The van der Waals surface area contributed by atoms with Crippen LogP contribution in [0.3, 0.4) is 0 Å². The summed E-state index contributed by atoms with van der Waals surface area (Å²) in [5, 5.41) is 21.5. The molecule has 0 amide bonds. The van der Waals surface area contributed by atoms with Gasteiger partial charge in [0, 0.05) is 26.0 Å². The molecule has 0 fully saturated rings. The summed E-state index contributed by atoms with van der Waals surface area (Å²) in [4.78, 5) is 4.61. The maximum atomic E-state index is 7.17. The Morgan fingerprint density at radius 1 is 1.27 bits per heavy atom. The molecule has 6 heteroatoms. The Labute approximate surface area is 91.8 Å². The third kappa shape index (κ3) is 6.38. The summed E-state index contributed by atoms with van der Waals surface area (Å²) < 4.78 is 0. The van der Waals surface area contributed by atoms with Crippen LogP contribution < -0.4 is 0 Å². The van der Waals surface area contributed by atoms with Crippen molar-refractivity contribution in [2.75, 3.05) is 13.6 Å². The molecule has 1 unspecified atom stereocenters. The van der Waals surface area contributed by atoms with Gasteiger partial charge in [0.25, 0.3) is 0 Å². The molecule has 88 valence electrons. The normalized spacial score (nSPS) is 18.9. The van der Waals surface area contributed by atoms with Crippen molar-refractivity contribution in [2.24, 2.45) is 0 Å². The first-order valence-corrected chi connectivity index (χ1v) is 5.19. The van der Waals surface area contributed by atoms with Crippen LogP contribution in [0.15, 0.2) is 12.4 Å². The van der Waals surface area contributed by atoms with Crippen LogP contribution in [0.1, 0.15) is 26.7 Å². The molecule has 0 saturated carbocycles. The highest BCUT2D eigenvalue weighted by molar-refractivity contribution is 6.30. The molecular weight excluding hydrogens is 195 g/mol. The van der Waals surface area contributed by atoms with Crippen LogP contribution in [0.4, 0.5) is 0 Å². The molecule has 5 nitrogen and oxygen atoms in total. The molecule has 1 aliphatic heterocycles. The predicted octanol–water partition coefficient (Wildman–Crippen LogP) is -0.201. The summed E-state index contributed by atoms with van der Waals surface area (Å²) in [7, 11) is -0.0485. The van der Waals surface area contributed by atoms with E-state index in [9.17, 15) is 0 Å². The maximum absolute atomic E-state index is 7.17. The fraction of sp³-hybridized carbons (Fsp3) is 0.778. The molecule has 1 aliphatic rings. The van der Waals surface area contributed by atoms with Gasteiger partial charge < -0.3 is 24.9 Å². The van der Waals surface area contributed by atoms with Crippen LogP contribution >= 0.6 is 0 Å². The lowest BCUT2D eigenvalue weighted by atomic mass is 10.3. The van der Waals surface area contributed by atoms with E-state index in [0.29, 0.717) is 6.17 Å². The predicted molar refractivity (Wildman–Crippen MR) is 60.4 cm³/mol. The topological polar surface area (TPSA) is 67.2 Å². The highest BCUT2D eigenvalue weighted by Gasteiger charge is 2.16. The molecule has 0 aromatic heterocycles. The molecule has 0 radical (unpaired) electrons. The van der Waals surface area contributed by atoms with E-state index in [1.165, 1.54) is 19.4 Å². The number of hydrogen-bond donors (Lipinski definition) is 3. The van der Waals surface area contributed by atoms with E-state index in [1.54, 1.807) is 0 Å². The van der Waals surface area contributed by atoms with Gasteiger partial charge in [0.1, 0.15) is 0 Å². The van der Waals surface area contributed by atoms with E-state index < -0.39 is 7.32 Å². The minimum Gasteiger partial charge on any atom is -0.402 e. The average Bonchev–Trinajstić information content (AvgIpc) is 2.44. The Morgan fingerprint density at radius 2 is 1.80 bits per heavy atom. The molecule has 0 saturated heterocycles. The summed E-state index contributed by atoms with van der Waals surface area (Å²) in [6, 6.07) is 0. The summed E-state index contributed by atoms with van der Waals surface area (Å²) in [5.74, 6) is 0. The average molecular weight is 216 g/mol. The molecule has 3 N–H and O–H groups in total. The third-order valence-electron chi connectivity index (χ3n) is 2.33. The quantitative estimate of drug-likeness (QED) is 0.570. The molecule has 1 heterocycles. The Morgan fingerprint density at radius 3 is 2.13 bits per heavy atom. The molecular formula is C9H21BN2O3. The van der Waals surface area contributed by atoms with Crippen LogP contribution in [-0.4, -0.2) is 52.0 Å². The first kappa shape index (κ1) is 14.3. The van der Waals surface area contributed by atoms with Crippen molar-refractivity contribution < 1.29 is 15.1 Å². The third-order valence-corrected chi connectivity index (χ3v) is 2.33. The van der Waals surface area contributed by atoms with E-state index >= 15 is 0 Å². The SMILES string of the molecule is CCCCN1C=CN(C)C1C.OB(O)O. The number of hydrogen-bond acceptors (Lipinski definition) is 5. The highest BCUT2D eigenvalue weighted by Crippen LogP contribution is 2.13. The second-order valence-electron chi connectivity index (χ2n) is 3.53. The fourth-order valence-corrected chi connectivity index (χ4v) is 1.28. The number of rotatable bonds is 3. The van der Waals surface area contributed by atoms with Crippen LogP contribution in [0.2, 0.25) is 0 Å². The van der Waals surface area contributed by atoms with Gasteiger partial charge in [-0.2, -0.15) is 0 Å². The lowest BCUT2D eigenvalue weighted by Crippen LogP contribution is -2.33. The van der Waals surface area contributed by atoms with Gasteiger partial charge in [0.05, 0.1) is 6.17 Å². The first-order valence-electron chi connectivity index (χ1n) is 5.19. The van der Waals surface area contributed by atoms with Gasteiger partial charge >= 0.3 is 7.32 Å². The van der Waals surface area contributed by atoms with Crippen molar-refractivity contribution in [3.63, 3.8) is 0 Å². The molecule has 1 atom stereocenters. The van der Waals surface area contributed by atoms with Gasteiger partial charge in [-0.3, -0.25) is 0 Å². The number of unbranched alkanes of at least 4 members (excludes halogenated alkanes) is 1. The smallest absolute Gasteiger partial charge is 0.402 e. The number of nitrogens with zero attached hydrogens (tertiary/aromatic N) is 2. The van der Waals surface area contributed by atoms with Gasteiger partial charge in [-0.25, -0.2) is 0 Å². The van der Waals surface area contributed by atoms with Crippen molar-refractivity contribution >= 4 is 7.32 Å². The van der Waals surface area contributed by atoms with Gasteiger partial charge in [0.2, 0.25) is 0 Å². The van der Waals surface area contributed by atoms with E-state index in [-0.39, 0.29) is 0 Å². The van der Waals surface area contributed by atoms with Crippen LogP contribution in [0.25, 0.3) is 0 Å². The monoisotopic (exact) mass is 216 g/mol. The molecule has 0 bridgehead atoms. The molecule has 1 rings (SSSR count). The van der Waals surface area contributed by atoms with Gasteiger partial charge in [-0.05, 0) is 13.3 Å². The first-order chi connectivity index (χ1) is 6.99. The van der Waals surface area contributed by atoms with E-state index in [0.717, 1.165) is 0 Å². The molecule has 0 aromatic rings. The maximum Gasteiger partial charge on any atom is 0.631 e. The van der Waals surface area contributed by atoms with Crippen molar-refractivity contribution in [3.8, 4) is 0 Å². The van der Waals surface area contributed by atoms with Gasteiger partial charge in [-0.1, -0.05) is 13.3 Å². The molecule has 15 heavy (non-hydrogen) atoms. The van der Waals surface area contributed by atoms with Crippen LogP contribution in [0.5, 0.6) is 0 Å². The van der Waals surface area contributed by atoms with Crippen LogP contribution in [-0.2, 0) is 0 Å². The molecule has 0 spiro atoms. The minimum atomic E-state index is -2.17. The Kier molecular flexibility index (Phi) is 7.20. The van der Waals surface area contributed by atoms with Crippen LogP contribution in [0, 0.1) is 0 Å². The van der Waals surface area contributed by atoms with Crippen molar-refractivity contribution in [1.82, 2.24) is 9.80 Å². The summed E-state index contributed by atoms with van der Waals surface area (Å²) in [6.45, 7) is 5.66. The molecule has 0 aromatic carbocycles. The van der Waals surface area contributed by atoms with Crippen molar-refractivity contribution in [2.45, 2.75) is 32.9 Å². The van der Waals surface area contributed by atoms with E-state index in [2.05, 4.69) is 43.1 Å². The van der Waals surface area contributed by atoms with E-state index in [4.69, 9.17) is 15.1 Å². The van der Waals surface area contributed by atoms with E-state index in [1.807, 2.05) is 0 Å².